The number of hydrogen-bond acceptors (Lipinski definition) is 6. The highest BCUT2D eigenvalue weighted by atomic mass is 32.2. The molecule has 10 heteroatoms. The van der Waals surface area contributed by atoms with E-state index >= 15 is 0 Å². The van der Waals surface area contributed by atoms with E-state index in [2.05, 4.69) is 10.6 Å². The van der Waals surface area contributed by atoms with E-state index < -0.39 is 28.1 Å². The Morgan fingerprint density at radius 1 is 0.946 bits per heavy atom. The van der Waals surface area contributed by atoms with Gasteiger partial charge in [0, 0.05) is 29.5 Å². The van der Waals surface area contributed by atoms with Crippen molar-refractivity contribution in [3.8, 4) is 0 Å². The van der Waals surface area contributed by atoms with Crippen molar-refractivity contribution in [2.45, 2.75) is 31.4 Å². The van der Waals surface area contributed by atoms with Gasteiger partial charge in [-0.3, -0.25) is 4.79 Å². The number of morpholine rings is 1. The van der Waals surface area contributed by atoms with E-state index in [0.29, 0.717) is 29.7 Å². The number of nitrogens with one attached hydrogen (secondary N) is 2. The molecule has 37 heavy (non-hydrogen) atoms. The lowest BCUT2D eigenvalue weighted by molar-refractivity contribution is -0.119. The molecule has 2 N–H and O–H groups in total. The molecular formula is C27H31N3O6S. The second-order valence-electron chi connectivity index (χ2n) is 9.09. The van der Waals surface area contributed by atoms with Gasteiger partial charge in [-0.25, -0.2) is 13.2 Å². The summed E-state index contributed by atoms with van der Waals surface area (Å²) in [6.45, 7) is 5.00. The van der Waals surface area contributed by atoms with Crippen LogP contribution in [0.2, 0.25) is 0 Å². The zero-order chi connectivity index (χ0) is 26.4. The van der Waals surface area contributed by atoms with Crippen LogP contribution in [0.1, 0.15) is 19.4 Å². The average Bonchev–Trinajstić information content (AvgIpc) is 2.91. The number of sulfonamides is 1. The number of anilines is 1. The van der Waals surface area contributed by atoms with Crippen molar-refractivity contribution >= 4 is 38.5 Å². The summed E-state index contributed by atoms with van der Waals surface area (Å²) in [5.74, 6) is -0.655. The summed E-state index contributed by atoms with van der Waals surface area (Å²) in [6, 6.07) is 18.5. The van der Waals surface area contributed by atoms with Crippen LogP contribution in [-0.4, -0.2) is 57.1 Å². The lowest BCUT2D eigenvalue weighted by Gasteiger charge is -2.26. The Kier molecular flexibility index (Phi) is 8.42. The van der Waals surface area contributed by atoms with Gasteiger partial charge in [-0.05, 0) is 23.6 Å². The van der Waals surface area contributed by atoms with Crippen molar-refractivity contribution in [1.82, 2.24) is 9.62 Å². The number of amides is 2. The molecule has 1 fully saturated rings. The number of hydrogen-bond donors (Lipinski definition) is 2. The van der Waals surface area contributed by atoms with Crippen LogP contribution in [0.15, 0.2) is 71.6 Å². The minimum atomic E-state index is -3.74. The van der Waals surface area contributed by atoms with Crippen molar-refractivity contribution in [3.05, 3.63) is 72.3 Å². The molecular weight excluding hydrogens is 494 g/mol. The zero-order valence-corrected chi connectivity index (χ0v) is 21.7. The molecule has 0 bridgehead atoms. The van der Waals surface area contributed by atoms with Gasteiger partial charge in [-0.15, -0.1) is 0 Å². The van der Waals surface area contributed by atoms with Crippen molar-refractivity contribution < 1.29 is 27.5 Å². The first kappa shape index (κ1) is 26.6. The van der Waals surface area contributed by atoms with Crippen molar-refractivity contribution in [3.63, 3.8) is 0 Å². The Hall–Kier alpha value is -3.47. The predicted molar refractivity (Wildman–Crippen MR) is 141 cm³/mol. The number of carbonyl (C=O) groups is 2. The Morgan fingerprint density at radius 3 is 2.32 bits per heavy atom. The van der Waals surface area contributed by atoms with Gasteiger partial charge in [0.2, 0.25) is 15.9 Å². The second kappa shape index (κ2) is 11.7. The molecule has 1 atom stereocenters. The molecule has 0 aromatic heterocycles. The average molecular weight is 526 g/mol. The van der Waals surface area contributed by atoms with Crippen molar-refractivity contribution in [2.24, 2.45) is 5.92 Å². The van der Waals surface area contributed by atoms with E-state index in [1.807, 2.05) is 44.2 Å². The van der Waals surface area contributed by atoms with E-state index in [0.717, 1.165) is 5.56 Å². The molecule has 4 rings (SSSR count). The summed E-state index contributed by atoms with van der Waals surface area (Å²) in [5.41, 5.74) is 1.29. The third-order valence-electron chi connectivity index (χ3n) is 6.16. The highest BCUT2D eigenvalue weighted by molar-refractivity contribution is 7.89. The fourth-order valence-corrected chi connectivity index (χ4v) is 5.79. The monoisotopic (exact) mass is 525 g/mol. The number of benzene rings is 3. The summed E-state index contributed by atoms with van der Waals surface area (Å²) in [7, 11) is -3.74. The first-order chi connectivity index (χ1) is 17.8. The van der Waals surface area contributed by atoms with Crippen LogP contribution >= 0.6 is 0 Å². The largest absolute Gasteiger partial charge is 0.445 e. The lowest BCUT2D eigenvalue weighted by Crippen LogP contribution is -2.47. The van der Waals surface area contributed by atoms with Gasteiger partial charge >= 0.3 is 6.09 Å². The molecule has 0 spiro atoms. The van der Waals surface area contributed by atoms with Crippen LogP contribution < -0.4 is 10.6 Å². The standard InChI is InChI=1S/C27H31N3O6S/c1-19(2)25(29-27(32)36-18-20-8-4-3-5-9-20)26(31)28-23-12-6-11-22-21(23)10-7-13-24(22)37(33,34)30-14-16-35-17-15-30/h3-13,19,25H,14-18H2,1-2H3,(H,28,31)(H,29,32)/t25-/m1/s1. The summed E-state index contributed by atoms with van der Waals surface area (Å²) < 4.78 is 38.7. The number of ether oxygens (including phenoxy) is 2. The Bertz CT molecular complexity index is 1360. The van der Waals surface area contributed by atoms with Crippen LogP contribution in [0.3, 0.4) is 0 Å². The smallest absolute Gasteiger partial charge is 0.408 e. The maximum absolute atomic E-state index is 13.3. The van der Waals surface area contributed by atoms with E-state index in [4.69, 9.17) is 9.47 Å². The van der Waals surface area contributed by atoms with Crippen LogP contribution in [0, 0.1) is 5.92 Å². The molecule has 1 aliphatic rings. The quantitative estimate of drug-likeness (QED) is 0.463. The number of nitrogens with zero attached hydrogens (tertiary/aromatic N) is 1. The molecule has 3 aromatic rings. The minimum Gasteiger partial charge on any atom is -0.445 e. The summed E-state index contributed by atoms with van der Waals surface area (Å²) >= 11 is 0. The van der Waals surface area contributed by atoms with Gasteiger partial charge in [-0.1, -0.05) is 68.4 Å². The minimum absolute atomic E-state index is 0.0861. The fourth-order valence-electron chi connectivity index (χ4n) is 4.18. The summed E-state index contributed by atoms with van der Waals surface area (Å²) in [4.78, 5) is 25.8. The van der Waals surface area contributed by atoms with E-state index in [-0.39, 0.29) is 30.5 Å². The molecule has 0 saturated carbocycles. The van der Waals surface area contributed by atoms with Crippen molar-refractivity contribution in [1.29, 1.82) is 0 Å². The van der Waals surface area contributed by atoms with E-state index in [1.165, 1.54) is 4.31 Å². The second-order valence-corrected chi connectivity index (χ2v) is 11.0. The molecule has 0 radical (unpaired) electrons. The van der Waals surface area contributed by atoms with Crippen LogP contribution in [0.4, 0.5) is 10.5 Å². The third-order valence-corrected chi connectivity index (χ3v) is 8.12. The van der Waals surface area contributed by atoms with Crippen LogP contribution in [-0.2, 0) is 30.9 Å². The predicted octanol–water partition coefficient (Wildman–Crippen LogP) is 3.75. The molecule has 1 heterocycles. The van der Waals surface area contributed by atoms with Gasteiger partial charge in [0.15, 0.2) is 0 Å². The van der Waals surface area contributed by atoms with E-state index in [9.17, 15) is 18.0 Å². The van der Waals surface area contributed by atoms with Gasteiger partial charge in [0.25, 0.3) is 0 Å². The Morgan fingerprint density at radius 2 is 1.62 bits per heavy atom. The lowest BCUT2D eigenvalue weighted by atomic mass is 10.0. The Labute approximate surface area is 216 Å². The fraction of sp³-hybridized carbons (Fsp3) is 0.333. The van der Waals surface area contributed by atoms with Gasteiger partial charge in [0.1, 0.15) is 12.6 Å². The maximum atomic E-state index is 13.3. The summed E-state index contributed by atoms with van der Waals surface area (Å²) in [6.07, 6.45) is -0.700. The molecule has 2 amide bonds. The zero-order valence-electron chi connectivity index (χ0n) is 20.8. The highest BCUT2D eigenvalue weighted by Gasteiger charge is 2.29. The number of fused-ring (bicyclic) bond motifs is 1. The normalized spacial score (nSPS) is 15.3. The van der Waals surface area contributed by atoms with Gasteiger partial charge in [-0.2, -0.15) is 4.31 Å². The number of carbonyl (C=O) groups excluding carboxylic acids is 2. The molecule has 3 aromatic carbocycles. The molecule has 196 valence electrons. The number of rotatable bonds is 8. The Balaban J connectivity index is 1.52. The topological polar surface area (TPSA) is 114 Å². The van der Waals surface area contributed by atoms with Gasteiger partial charge < -0.3 is 20.1 Å². The molecule has 9 nitrogen and oxygen atoms in total. The van der Waals surface area contributed by atoms with Crippen molar-refractivity contribution in [2.75, 3.05) is 31.6 Å². The van der Waals surface area contributed by atoms with Crippen LogP contribution in [0.25, 0.3) is 10.8 Å². The van der Waals surface area contributed by atoms with E-state index in [1.54, 1.807) is 36.4 Å². The molecule has 1 aliphatic heterocycles. The van der Waals surface area contributed by atoms with Crippen LogP contribution in [0.5, 0.6) is 0 Å². The molecule has 0 unspecified atom stereocenters. The van der Waals surface area contributed by atoms with Gasteiger partial charge in [0.05, 0.1) is 18.1 Å². The molecule has 0 aliphatic carbocycles. The maximum Gasteiger partial charge on any atom is 0.408 e. The SMILES string of the molecule is CC(C)[C@@H](NC(=O)OCc1ccccc1)C(=O)Nc1cccc2c(S(=O)(=O)N3CCOCC3)cccc12. The first-order valence-corrected chi connectivity index (χ1v) is 13.6. The molecule has 1 saturated heterocycles. The first-order valence-electron chi connectivity index (χ1n) is 12.1. The third kappa shape index (κ3) is 6.27. The highest BCUT2D eigenvalue weighted by Crippen LogP contribution is 2.31. The number of alkyl carbamates (subject to hydrolysis) is 1. The summed E-state index contributed by atoms with van der Waals surface area (Å²) in [5, 5.41) is 6.60.